The quantitative estimate of drug-likeness (QED) is 0.562. The monoisotopic (exact) mass is 436 g/mol. The minimum absolute atomic E-state index is 0.109. The summed E-state index contributed by atoms with van der Waals surface area (Å²) in [4.78, 5) is 55.3. The lowest BCUT2D eigenvalue weighted by atomic mass is 9.82. The Labute approximate surface area is 187 Å². The third kappa shape index (κ3) is 5.09. The van der Waals surface area contributed by atoms with Crippen molar-refractivity contribution in [2.75, 3.05) is 51.9 Å². The Morgan fingerprint density at radius 2 is 1.06 bits per heavy atom. The number of nitrogens with zero attached hydrogens (tertiary/aromatic N) is 2. The molecule has 2 amide bonds. The van der Waals surface area contributed by atoms with Crippen molar-refractivity contribution < 1.29 is 19.2 Å². The number of rotatable bonds is 8. The van der Waals surface area contributed by atoms with Crippen LogP contribution in [-0.2, 0) is 9.59 Å². The summed E-state index contributed by atoms with van der Waals surface area (Å²) in [7, 11) is 7.45. The van der Waals surface area contributed by atoms with Crippen molar-refractivity contribution in [1.82, 2.24) is 9.80 Å². The molecule has 0 radical (unpaired) electrons. The number of fused-ring (bicyclic) bond motifs is 2. The molecule has 8 heteroatoms. The van der Waals surface area contributed by atoms with Gasteiger partial charge in [0.2, 0.25) is 11.8 Å². The van der Waals surface area contributed by atoms with Crippen molar-refractivity contribution >= 4 is 34.8 Å². The zero-order valence-electron chi connectivity index (χ0n) is 18.8. The van der Waals surface area contributed by atoms with Gasteiger partial charge >= 0.3 is 0 Å². The summed E-state index contributed by atoms with van der Waals surface area (Å²) < 4.78 is 0. The van der Waals surface area contributed by atoms with Crippen LogP contribution in [0.1, 0.15) is 44.7 Å². The highest BCUT2D eigenvalue weighted by atomic mass is 16.2. The molecule has 1 aliphatic carbocycles. The number of benzene rings is 2. The maximum absolute atomic E-state index is 13.3. The molecule has 0 fully saturated rings. The fraction of sp³-hybridized carbons (Fsp3) is 0.333. The Kier molecular flexibility index (Phi) is 7.17. The van der Waals surface area contributed by atoms with Crippen molar-refractivity contribution in [3.63, 3.8) is 0 Å². The lowest BCUT2D eigenvalue weighted by molar-refractivity contribution is -0.117. The van der Waals surface area contributed by atoms with E-state index in [0.29, 0.717) is 13.1 Å². The van der Waals surface area contributed by atoms with E-state index < -0.39 is 0 Å². The summed E-state index contributed by atoms with van der Waals surface area (Å²) in [5.74, 6) is -1.24. The average molecular weight is 437 g/mol. The minimum atomic E-state index is -0.359. The third-order valence-electron chi connectivity index (χ3n) is 5.20. The van der Waals surface area contributed by atoms with E-state index in [1.165, 1.54) is 0 Å². The Morgan fingerprint density at radius 1 is 0.688 bits per heavy atom. The van der Waals surface area contributed by atoms with Crippen LogP contribution in [0.4, 0.5) is 11.4 Å². The molecule has 2 aromatic carbocycles. The van der Waals surface area contributed by atoms with Crippen LogP contribution >= 0.6 is 0 Å². The molecule has 2 N–H and O–H groups in total. The lowest BCUT2D eigenvalue weighted by Crippen LogP contribution is -2.27. The molecule has 0 saturated carbocycles. The van der Waals surface area contributed by atoms with E-state index in [-0.39, 0.29) is 69.9 Å². The molecule has 2 aromatic rings. The molecular formula is C24H28N4O4. The predicted molar refractivity (Wildman–Crippen MR) is 123 cm³/mol. The Bertz CT molecular complexity index is 992. The highest BCUT2D eigenvalue weighted by molar-refractivity contribution is 6.32. The molecule has 32 heavy (non-hydrogen) atoms. The SMILES string of the molecule is CN(C)CCC(=O)Nc1ccc(NC(=O)CCN(C)C)c2c1C(=O)c1ccccc1C2=O. The molecule has 0 spiro atoms. The van der Waals surface area contributed by atoms with E-state index >= 15 is 0 Å². The van der Waals surface area contributed by atoms with Crippen molar-refractivity contribution in [1.29, 1.82) is 0 Å². The standard InChI is InChI=1S/C24H28N4O4/c1-27(2)13-11-19(29)25-17-9-10-18(26-20(30)12-14-28(3)4)22-21(17)23(31)15-7-5-6-8-16(15)24(22)32/h5-10H,11-14H2,1-4H3,(H,25,29)(H,26,30). The second-order valence-corrected chi connectivity index (χ2v) is 8.32. The zero-order chi connectivity index (χ0) is 23.4. The van der Waals surface area contributed by atoms with Crippen molar-refractivity contribution in [3.8, 4) is 0 Å². The highest BCUT2D eigenvalue weighted by Crippen LogP contribution is 2.36. The summed E-state index contributed by atoms with van der Waals surface area (Å²) in [6, 6.07) is 9.70. The number of carbonyl (C=O) groups is 4. The molecule has 0 saturated heterocycles. The number of hydrogen-bond donors (Lipinski definition) is 2. The molecule has 8 nitrogen and oxygen atoms in total. The lowest BCUT2D eigenvalue weighted by Gasteiger charge is -2.23. The van der Waals surface area contributed by atoms with Crippen LogP contribution in [0.3, 0.4) is 0 Å². The first-order chi connectivity index (χ1) is 15.2. The van der Waals surface area contributed by atoms with Gasteiger partial charge in [0, 0.05) is 37.1 Å². The van der Waals surface area contributed by atoms with Crippen LogP contribution in [0.2, 0.25) is 0 Å². The van der Waals surface area contributed by atoms with Gasteiger partial charge in [0.25, 0.3) is 0 Å². The van der Waals surface area contributed by atoms with Crippen molar-refractivity contribution in [2.24, 2.45) is 0 Å². The number of anilines is 2. The Morgan fingerprint density at radius 3 is 1.41 bits per heavy atom. The van der Waals surface area contributed by atoms with Crippen LogP contribution in [-0.4, -0.2) is 74.5 Å². The van der Waals surface area contributed by atoms with Gasteiger partial charge in [0.15, 0.2) is 11.6 Å². The summed E-state index contributed by atoms with van der Waals surface area (Å²) >= 11 is 0. The van der Waals surface area contributed by atoms with E-state index in [4.69, 9.17) is 0 Å². The topological polar surface area (TPSA) is 98.8 Å². The fourth-order valence-corrected chi connectivity index (χ4v) is 3.51. The van der Waals surface area contributed by atoms with Gasteiger partial charge in [-0.15, -0.1) is 0 Å². The number of nitrogens with one attached hydrogen (secondary N) is 2. The van der Waals surface area contributed by atoms with Crippen molar-refractivity contribution in [2.45, 2.75) is 12.8 Å². The highest BCUT2D eigenvalue weighted by Gasteiger charge is 2.34. The minimum Gasteiger partial charge on any atom is -0.325 e. The first-order valence-corrected chi connectivity index (χ1v) is 10.4. The molecule has 0 bridgehead atoms. The van der Waals surface area contributed by atoms with E-state index in [2.05, 4.69) is 10.6 Å². The van der Waals surface area contributed by atoms with Gasteiger partial charge in [-0.3, -0.25) is 19.2 Å². The maximum atomic E-state index is 13.3. The second kappa shape index (κ2) is 9.84. The predicted octanol–water partition coefficient (Wildman–Crippen LogP) is 2.24. The number of ketones is 2. The second-order valence-electron chi connectivity index (χ2n) is 8.32. The van der Waals surface area contributed by atoms with Crippen LogP contribution in [0.25, 0.3) is 0 Å². The fourth-order valence-electron chi connectivity index (χ4n) is 3.51. The van der Waals surface area contributed by atoms with Gasteiger partial charge < -0.3 is 20.4 Å². The Balaban J connectivity index is 2.01. The van der Waals surface area contributed by atoms with Crippen LogP contribution in [0.15, 0.2) is 36.4 Å². The zero-order valence-corrected chi connectivity index (χ0v) is 18.8. The van der Waals surface area contributed by atoms with E-state index in [9.17, 15) is 19.2 Å². The first-order valence-electron chi connectivity index (χ1n) is 10.4. The average Bonchev–Trinajstić information content (AvgIpc) is 2.75. The van der Waals surface area contributed by atoms with Gasteiger partial charge in [-0.25, -0.2) is 0 Å². The summed E-state index contributed by atoms with van der Waals surface area (Å²) in [6.07, 6.45) is 0.479. The Hall–Kier alpha value is -3.36. The van der Waals surface area contributed by atoms with Crippen LogP contribution < -0.4 is 10.6 Å². The van der Waals surface area contributed by atoms with Gasteiger partial charge in [-0.2, -0.15) is 0 Å². The van der Waals surface area contributed by atoms with Gasteiger partial charge in [-0.05, 0) is 40.3 Å². The number of hydrogen-bond acceptors (Lipinski definition) is 6. The normalized spacial score (nSPS) is 12.6. The van der Waals surface area contributed by atoms with Gasteiger partial charge in [0.1, 0.15) is 0 Å². The number of carbonyl (C=O) groups excluding carboxylic acids is 4. The van der Waals surface area contributed by atoms with Gasteiger partial charge in [-0.1, -0.05) is 24.3 Å². The number of amides is 2. The van der Waals surface area contributed by atoms with Crippen LogP contribution in [0.5, 0.6) is 0 Å². The molecule has 0 aromatic heterocycles. The van der Waals surface area contributed by atoms with E-state index in [1.807, 2.05) is 38.0 Å². The maximum Gasteiger partial charge on any atom is 0.225 e. The van der Waals surface area contributed by atoms with Crippen molar-refractivity contribution in [3.05, 3.63) is 58.7 Å². The van der Waals surface area contributed by atoms with Crippen LogP contribution in [0, 0.1) is 0 Å². The molecule has 0 atom stereocenters. The third-order valence-corrected chi connectivity index (χ3v) is 5.20. The van der Waals surface area contributed by atoms with Gasteiger partial charge in [0.05, 0.1) is 22.5 Å². The smallest absolute Gasteiger partial charge is 0.225 e. The first kappa shape index (κ1) is 23.3. The molecule has 3 rings (SSSR count). The molecule has 0 heterocycles. The summed E-state index contributed by atoms with van der Waals surface area (Å²) in [5.41, 5.74) is 1.31. The van der Waals surface area contributed by atoms with E-state index in [0.717, 1.165) is 0 Å². The molecule has 168 valence electrons. The molecular weight excluding hydrogens is 408 g/mol. The molecule has 0 unspecified atom stereocenters. The summed E-state index contributed by atoms with van der Waals surface area (Å²) in [5, 5.41) is 5.54. The van der Waals surface area contributed by atoms with E-state index in [1.54, 1.807) is 36.4 Å². The summed E-state index contributed by atoms with van der Waals surface area (Å²) in [6.45, 7) is 1.09. The molecule has 0 aliphatic heterocycles. The molecule has 1 aliphatic rings. The largest absolute Gasteiger partial charge is 0.325 e.